The Balaban J connectivity index is 1.32. The molecule has 0 saturated carbocycles. The van der Waals surface area contributed by atoms with Gasteiger partial charge < -0.3 is 19.7 Å². The zero-order valence-electron chi connectivity index (χ0n) is 34.3. The van der Waals surface area contributed by atoms with Crippen molar-refractivity contribution in [2.45, 2.75) is 51.2 Å². The molecule has 5 aromatic carbocycles. The Labute approximate surface area is 361 Å². The van der Waals surface area contributed by atoms with Gasteiger partial charge >= 0.3 is 0 Å². The van der Waals surface area contributed by atoms with Crippen molar-refractivity contribution >= 4 is 65.1 Å². The van der Waals surface area contributed by atoms with E-state index in [0.29, 0.717) is 28.2 Å². The molecule has 0 radical (unpaired) electrons. The maximum atomic E-state index is 14.5. The second-order valence-electron chi connectivity index (χ2n) is 16.7. The molecule has 1 fully saturated rings. The third kappa shape index (κ3) is 8.62. The number of carbonyl (C=O) groups excluding carboxylic acids is 2. The third-order valence-electron chi connectivity index (χ3n) is 12.1. The molecule has 61 heavy (non-hydrogen) atoms. The average Bonchev–Trinajstić information content (AvgIpc) is 3.51. The van der Waals surface area contributed by atoms with Gasteiger partial charge in [-0.2, -0.15) is 0 Å². The SMILES string of the molecule is CC(C)(C)[Si](OCC1=C([C@H](O)CC/C(=C/c2ccc(O)cc2Cl)c2ccccc2)[C@H](CO)[C@@H]2C(=O)N(c3cccc([N+](=O)[O-])c3)C(=O)[C@@H]2C1)(c1ccccc1)c1ccccc1. The van der Waals surface area contributed by atoms with E-state index in [1.165, 1.54) is 30.3 Å². The number of aromatic hydroxyl groups is 1. The van der Waals surface area contributed by atoms with E-state index in [2.05, 4.69) is 45.0 Å². The smallest absolute Gasteiger partial charge is 0.271 e. The zero-order chi connectivity index (χ0) is 43.5. The van der Waals surface area contributed by atoms with E-state index < -0.39 is 60.6 Å². The number of phenolic OH excluding ortho intramolecular Hbond substituents is 1. The molecule has 2 amide bonds. The molecule has 0 aromatic heterocycles. The molecule has 12 heteroatoms. The van der Waals surface area contributed by atoms with Gasteiger partial charge in [0, 0.05) is 18.1 Å². The molecule has 3 N–H and O–H groups in total. The number of hydrogen-bond acceptors (Lipinski definition) is 8. The molecule has 0 unspecified atom stereocenters. The topological polar surface area (TPSA) is 150 Å². The van der Waals surface area contributed by atoms with Crippen molar-refractivity contribution in [2.24, 2.45) is 17.8 Å². The van der Waals surface area contributed by atoms with Crippen LogP contribution in [0.25, 0.3) is 11.6 Å². The number of carbonyl (C=O) groups is 2. The highest BCUT2D eigenvalue weighted by molar-refractivity contribution is 6.99. The average molecular weight is 857 g/mol. The molecular formula is C49H49ClN2O8Si. The Bertz CT molecular complexity index is 2430. The van der Waals surface area contributed by atoms with Gasteiger partial charge in [-0.15, -0.1) is 0 Å². The van der Waals surface area contributed by atoms with Crippen molar-refractivity contribution in [3.05, 3.63) is 171 Å². The molecule has 1 aliphatic carbocycles. The lowest BCUT2D eigenvalue weighted by Crippen LogP contribution is -2.66. The number of hydrogen-bond donors (Lipinski definition) is 3. The number of fused-ring (bicyclic) bond motifs is 1. The minimum Gasteiger partial charge on any atom is -0.508 e. The fourth-order valence-corrected chi connectivity index (χ4v) is 14.0. The van der Waals surface area contributed by atoms with E-state index in [4.69, 9.17) is 16.0 Å². The van der Waals surface area contributed by atoms with E-state index >= 15 is 0 Å². The Morgan fingerprint density at radius 2 is 1.52 bits per heavy atom. The third-order valence-corrected chi connectivity index (χ3v) is 17.4. The first-order valence-electron chi connectivity index (χ1n) is 20.4. The molecule has 1 heterocycles. The van der Waals surface area contributed by atoms with Crippen LogP contribution < -0.4 is 15.3 Å². The zero-order valence-corrected chi connectivity index (χ0v) is 36.0. The van der Waals surface area contributed by atoms with Crippen molar-refractivity contribution in [2.75, 3.05) is 18.1 Å². The fourth-order valence-electron chi connectivity index (χ4n) is 9.27. The number of phenols is 1. The number of aliphatic hydroxyl groups is 2. The standard InChI is InChI=1S/C49H49ClN2O8Si/c1-49(2,3)61(39-18-9-5-10-19-39,40-20-11-6-12-21-40)60-31-35-27-41-46(48(57)51(47(41)56)36-16-13-17-37(28-36)52(58)59)42(30-53)45(35)44(55)25-23-33(32-14-7-4-8-15-32)26-34-22-24-38(54)29-43(34)50/h4-22,24,26,28-29,41-42,44,46,53-55H,23,25,27,30-31H2,1-3H3/b33-26-/t41-,42+,44-,46-/m1/s1. The second-order valence-corrected chi connectivity index (χ2v) is 21.4. The highest BCUT2D eigenvalue weighted by atomic mass is 35.5. The summed E-state index contributed by atoms with van der Waals surface area (Å²) in [6, 6.07) is 40.0. The lowest BCUT2D eigenvalue weighted by molar-refractivity contribution is -0.384. The summed E-state index contributed by atoms with van der Waals surface area (Å²) in [5.41, 5.74) is 3.33. The summed E-state index contributed by atoms with van der Waals surface area (Å²) in [6.07, 6.45) is 1.36. The van der Waals surface area contributed by atoms with Crippen molar-refractivity contribution < 1.29 is 34.3 Å². The number of non-ortho nitro benzene ring substituents is 1. The van der Waals surface area contributed by atoms with E-state index in [9.17, 15) is 35.0 Å². The largest absolute Gasteiger partial charge is 0.508 e. The Hall–Kier alpha value is -5.69. The normalized spacial score (nSPS) is 19.0. The van der Waals surface area contributed by atoms with Crippen LogP contribution >= 0.6 is 11.6 Å². The monoisotopic (exact) mass is 856 g/mol. The summed E-state index contributed by atoms with van der Waals surface area (Å²) in [7, 11) is -3.15. The number of anilines is 1. The van der Waals surface area contributed by atoms with Crippen molar-refractivity contribution in [1.29, 1.82) is 0 Å². The number of imide groups is 1. The van der Waals surface area contributed by atoms with Crippen LogP contribution in [0.1, 0.15) is 51.2 Å². The number of allylic oxidation sites excluding steroid dienone is 1. The van der Waals surface area contributed by atoms with Crippen LogP contribution in [0.2, 0.25) is 10.1 Å². The minimum atomic E-state index is -3.15. The maximum absolute atomic E-state index is 14.5. The summed E-state index contributed by atoms with van der Waals surface area (Å²) >= 11 is 6.56. The fraction of sp³-hybridized carbons (Fsp3) is 0.265. The maximum Gasteiger partial charge on any atom is 0.271 e. The first-order chi connectivity index (χ1) is 29.2. The quantitative estimate of drug-likeness (QED) is 0.0252. The molecule has 0 bridgehead atoms. The van der Waals surface area contributed by atoms with Gasteiger partial charge in [0.25, 0.3) is 14.0 Å². The molecule has 314 valence electrons. The van der Waals surface area contributed by atoms with Gasteiger partial charge in [0.05, 0.1) is 46.8 Å². The Morgan fingerprint density at radius 1 is 0.902 bits per heavy atom. The van der Waals surface area contributed by atoms with Crippen molar-refractivity contribution in [3.8, 4) is 5.75 Å². The van der Waals surface area contributed by atoms with E-state index in [0.717, 1.165) is 26.4 Å². The number of nitro benzene ring substituents is 1. The van der Waals surface area contributed by atoms with Crippen LogP contribution in [-0.4, -0.2) is 59.7 Å². The molecule has 4 atom stereocenters. The number of halogens is 1. The summed E-state index contributed by atoms with van der Waals surface area (Å²) in [4.78, 5) is 41.0. The lowest BCUT2D eigenvalue weighted by Gasteiger charge is -2.44. The van der Waals surface area contributed by atoms with Crippen LogP contribution in [0, 0.1) is 27.9 Å². The first kappa shape index (κ1) is 43.4. The van der Waals surface area contributed by atoms with Crippen LogP contribution in [0.4, 0.5) is 11.4 Å². The summed E-state index contributed by atoms with van der Waals surface area (Å²) < 4.78 is 7.40. The summed E-state index contributed by atoms with van der Waals surface area (Å²) in [5, 5.41) is 47.5. The summed E-state index contributed by atoms with van der Waals surface area (Å²) in [6.45, 7) is 5.95. The van der Waals surface area contributed by atoms with Crippen molar-refractivity contribution in [1.82, 2.24) is 0 Å². The molecule has 2 aliphatic rings. The molecule has 10 nitrogen and oxygen atoms in total. The van der Waals surface area contributed by atoms with Crippen LogP contribution in [0.15, 0.2) is 145 Å². The molecule has 1 saturated heterocycles. The predicted molar refractivity (Wildman–Crippen MR) is 241 cm³/mol. The molecule has 7 rings (SSSR count). The molecule has 5 aromatic rings. The van der Waals surface area contributed by atoms with Gasteiger partial charge in [-0.25, -0.2) is 4.90 Å². The van der Waals surface area contributed by atoms with Crippen molar-refractivity contribution in [3.63, 3.8) is 0 Å². The molecule has 0 spiro atoms. The van der Waals surface area contributed by atoms with Gasteiger partial charge in [0.1, 0.15) is 5.75 Å². The van der Waals surface area contributed by atoms with Gasteiger partial charge in [-0.05, 0) is 92.9 Å². The first-order valence-corrected chi connectivity index (χ1v) is 22.7. The van der Waals surface area contributed by atoms with E-state index in [1.807, 2.05) is 72.8 Å². The Kier molecular flexibility index (Phi) is 12.9. The summed E-state index contributed by atoms with van der Waals surface area (Å²) in [5.74, 6) is -3.97. The van der Waals surface area contributed by atoms with Gasteiger partial charge in [0.15, 0.2) is 0 Å². The number of nitrogens with zero attached hydrogens (tertiary/aromatic N) is 2. The Morgan fingerprint density at radius 3 is 2.10 bits per heavy atom. The number of amides is 2. The van der Waals surface area contributed by atoms with Gasteiger partial charge in [0.2, 0.25) is 11.8 Å². The number of nitro groups is 1. The molecular weight excluding hydrogens is 808 g/mol. The second kappa shape index (κ2) is 18.1. The van der Waals surface area contributed by atoms with Gasteiger partial charge in [-0.1, -0.05) is 129 Å². The van der Waals surface area contributed by atoms with Gasteiger partial charge in [-0.3, -0.25) is 19.7 Å². The van der Waals surface area contributed by atoms with E-state index in [1.54, 1.807) is 12.1 Å². The van der Waals surface area contributed by atoms with Crippen LogP contribution in [0.3, 0.4) is 0 Å². The predicted octanol–water partition coefficient (Wildman–Crippen LogP) is 8.33. The minimum absolute atomic E-state index is 0.0160. The van der Waals surface area contributed by atoms with Crippen LogP contribution in [-0.2, 0) is 14.0 Å². The number of benzene rings is 5. The van der Waals surface area contributed by atoms with E-state index in [-0.39, 0.29) is 36.6 Å². The number of aliphatic hydroxyl groups excluding tert-OH is 2. The number of rotatable bonds is 14. The highest BCUT2D eigenvalue weighted by Crippen LogP contribution is 2.48. The highest BCUT2D eigenvalue weighted by Gasteiger charge is 2.56. The molecule has 1 aliphatic heterocycles. The van der Waals surface area contributed by atoms with Crippen LogP contribution in [0.5, 0.6) is 5.75 Å². The lowest BCUT2D eigenvalue weighted by atomic mass is 9.68.